The van der Waals surface area contributed by atoms with E-state index in [9.17, 15) is 9.59 Å². The number of benzene rings is 1. The minimum Gasteiger partial charge on any atom is -0.323 e. The van der Waals surface area contributed by atoms with Gasteiger partial charge in [-0.3, -0.25) is 9.69 Å². The molecule has 1 aliphatic carbocycles. The fourth-order valence-electron chi connectivity index (χ4n) is 3.05. The van der Waals surface area contributed by atoms with Crippen molar-refractivity contribution >= 4 is 23.5 Å². The molecule has 2 fully saturated rings. The maximum Gasteiger partial charge on any atom is 0.325 e. The molecule has 0 atom stereocenters. The second kappa shape index (κ2) is 5.05. The van der Waals surface area contributed by atoms with Gasteiger partial charge >= 0.3 is 6.03 Å². The third-order valence-corrected chi connectivity index (χ3v) is 4.57. The Bertz CT molecular complexity index is 659. The van der Waals surface area contributed by atoms with Crippen LogP contribution in [0.25, 0.3) is 0 Å². The molecule has 1 N–H and O–H groups in total. The Morgan fingerprint density at radius 3 is 2.67 bits per heavy atom. The fraction of sp³-hybridized carbons (Fsp3) is 0.400. The number of carbonyl (C=O) groups is 2. The van der Waals surface area contributed by atoms with Gasteiger partial charge in [-0.2, -0.15) is 5.26 Å². The number of imide groups is 1. The number of nitrogens with zero attached hydrogens (tertiary/aromatic N) is 2. The highest BCUT2D eigenvalue weighted by molar-refractivity contribution is 6.31. The summed E-state index contributed by atoms with van der Waals surface area (Å²) in [5, 5.41) is 12.0. The smallest absolute Gasteiger partial charge is 0.323 e. The molecule has 0 bridgehead atoms. The first-order chi connectivity index (χ1) is 10.1. The van der Waals surface area contributed by atoms with Crippen LogP contribution in [0, 0.1) is 11.3 Å². The number of hydrogen-bond donors (Lipinski definition) is 1. The SMILES string of the molecule is N#Cc1ccc(CN2C(=O)NC3(CCCC3)C2=O)c(Cl)c1. The lowest BCUT2D eigenvalue weighted by Crippen LogP contribution is -2.44. The second-order valence-electron chi connectivity index (χ2n) is 5.53. The van der Waals surface area contributed by atoms with Crippen molar-refractivity contribution in [3.63, 3.8) is 0 Å². The second-order valence-corrected chi connectivity index (χ2v) is 5.94. The summed E-state index contributed by atoms with van der Waals surface area (Å²) in [6, 6.07) is 6.50. The number of rotatable bonds is 2. The predicted octanol–water partition coefficient (Wildman–Crippen LogP) is 2.58. The Morgan fingerprint density at radius 1 is 1.33 bits per heavy atom. The first-order valence-corrected chi connectivity index (χ1v) is 7.26. The fourth-order valence-corrected chi connectivity index (χ4v) is 3.29. The number of amides is 3. The minimum absolute atomic E-state index is 0.136. The van der Waals surface area contributed by atoms with Gasteiger partial charge in [0.15, 0.2) is 0 Å². The predicted molar refractivity (Wildman–Crippen MR) is 76.4 cm³/mol. The van der Waals surface area contributed by atoms with Gasteiger partial charge < -0.3 is 5.32 Å². The molecule has 1 aliphatic heterocycles. The van der Waals surface area contributed by atoms with Gasteiger partial charge in [0.1, 0.15) is 5.54 Å². The zero-order chi connectivity index (χ0) is 15.0. The summed E-state index contributed by atoms with van der Waals surface area (Å²) in [7, 11) is 0. The van der Waals surface area contributed by atoms with Crippen molar-refractivity contribution < 1.29 is 9.59 Å². The molecular weight excluding hydrogens is 290 g/mol. The normalized spacial score (nSPS) is 19.9. The van der Waals surface area contributed by atoms with Crippen LogP contribution in [0.15, 0.2) is 18.2 Å². The molecule has 3 amide bonds. The Labute approximate surface area is 127 Å². The Balaban J connectivity index is 1.84. The number of halogens is 1. The quantitative estimate of drug-likeness (QED) is 0.853. The van der Waals surface area contributed by atoms with Gasteiger partial charge in [0.05, 0.1) is 18.2 Å². The number of nitriles is 1. The van der Waals surface area contributed by atoms with Crippen LogP contribution < -0.4 is 5.32 Å². The zero-order valence-electron chi connectivity index (χ0n) is 11.4. The molecule has 1 aromatic carbocycles. The van der Waals surface area contributed by atoms with Crippen molar-refractivity contribution in [1.29, 1.82) is 5.26 Å². The van der Waals surface area contributed by atoms with E-state index in [0.29, 0.717) is 29.0 Å². The van der Waals surface area contributed by atoms with Gasteiger partial charge in [-0.1, -0.05) is 30.5 Å². The molecule has 108 valence electrons. The molecular formula is C15H14ClN3O2. The largest absolute Gasteiger partial charge is 0.325 e. The summed E-state index contributed by atoms with van der Waals surface area (Å²) in [6.45, 7) is 0.136. The lowest BCUT2D eigenvalue weighted by Gasteiger charge is -2.20. The maximum atomic E-state index is 12.5. The topological polar surface area (TPSA) is 73.2 Å². The van der Waals surface area contributed by atoms with E-state index >= 15 is 0 Å². The van der Waals surface area contributed by atoms with Crippen LogP contribution in [-0.4, -0.2) is 22.4 Å². The highest BCUT2D eigenvalue weighted by Gasteiger charge is 2.52. The van der Waals surface area contributed by atoms with Gasteiger partial charge in [0.2, 0.25) is 0 Å². The molecule has 0 unspecified atom stereocenters. The summed E-state index contributed by atoms with van der Waals surface area (Å²) >= 11 is 6.11. The maximum absolute atomic E-state index is 12.5. The van der Waals surface area contributed by atoms with E-state index in [-0.39, 0.29) is 18.5 Å². The molecule has 1 aromatic rings. The molecule has 3 rings (SSSR count). The van der Waals surface area contributed by atoms with Gasteiger partial charge in [-0.15, -0.1) is 0 Å². The number of carbonyl (C=O) groups excluding carboxylic acids is 2. The Morgan fingerprint density at radius 2 is 2.05 bits per heavy atom. The van der Waals surface area contributed by atoms with Crippen LogP contribution in [0.5, 0.6) is 0 Å². The Hall–Kier alpha value is -2.06. The van der Waals surface area contributed by atoms with Crippen LogP contribution in [0.1, 0.15) is 36.8 Å². The molecule has 0 aromatic heterocycles. The summed E-state index contributed by atoms with van der Waals surface area (Å²) in [6.07, 6.45) is 3.32. The van der Waals surface area contributed by atoms with Crippen LogP contribution in [0.4, 0.5) is 4.79 Å². The van der Waals surface area contributed by atoms with Crippen LogP contribution >= 0.6 is 11.6 Å². The van der Waals surface area contributed by atoms with Crippen molar-refractivity contribution in [3.8, 4) is 6.07 Å². The molecule has 1 saturated heterocycles. The van der Waals surface area contributed by atoms with Crippen molar-refractivity contribution in [1.82, 2.24) is 10.2 Å². The number of hydrogen-bond acceptors (Lipinski definition) is 3. The molecule has 1 spiro atoms. The molecule has 6 heteroatoms. The lowest BCUT2D eigenvalue weighted by molar-refractivity contribution is -0.131. The average molecular weight is 304 g/mol. The third kappa shape index (κ3) is 2.26. The van der Waals surface area contributed by atoms with Crippen molar-refractivity contribution in [2.45, 2.75) is 37.8 Å². The monoisotopic (exact) mass is 303 g/mol. The lowest BCUT2D eigenvalue weighted by atomic mass is 9.98. The van der Waals surface area contributed by atoms with E-state index in [1.165, 1.54) is 4.90 Å². The molecule has 2 aliphatic rings. The van der Waals surface area contributed by atoms with Crippen LogP contribution in [0.3, 0.4) is 0 Å². The van der Waals surface area contributed by atoms with Gasteiger partial charge in [0, 0.05) is 5.02 Å². The summed E-state index contributed by atoms with van der Waals surface area (Å²) < 4.78 is 0. The van der Waals surface area contributed by atoms with E-state index in [2.05, 4.69) is 5.32 Å². The minimum atomic E-state index is -0.698. The summed E-state index contributed by atoms with van der Waals surface area (Å²) in [5.74, 6) is -0.162. The highest BCUT2D eigenvalue weighted by atomic mass is 35.5. The summed E-state index contributed by atoms with van der Waals surface area (Å²) in [4.78, 5) is 25.8. The summed E-state index contributed by atoms with van der Waals surface area (Å²) in [5.41, 5.74) is 0.415. The van der Waals surface area contributed by atoms with Crippen molar-refractivity contribution in [2.75, 3.05) is 0 Å². The highest BCUT2D eigenvalue weighted by Crippen LogP contribution is 2.36. The van der Waals surface area contributed by atoms with E-state index in [1.54, 1.807) is 18.2 Å². The molecule has 21 heavy (non-hydrogen) atoms. The van der Waals surface area contributed by atoms with Crippen molar-refractivity contribution in [3.05, 3.63) is 34.3 Å². The number of urea groups is 1. The molecule has 1 saturated carbocycles. The van der Waals surface area contributed by atoms with Gasteiger partial charge in [-0.05, 0) is 30.5 Å². The van der Waals surface area contributed by atoms with Gasteiger partial charge in [-0.25, -0.2) is 4.79 Å². The van der Waals surface area contributed by atoms with E-state index in [4.69, 9.17) is 16.9 Å². The average Bonchev–Trinajstić information content (AvgIpc) is 3.02. The van der Waals surface area contributed by atoms with E-state index < -0.39 is 5.54 Å². The zero-order valence-corrected chi connectivity index (χ0v) is 12.1. The van der Waals surface area contributed by atoms with Crippen LogP contribution in [-0.2, 0) is 11.3 Å². The first-order valence-electron chi connectivity index (χ1n) is 6.88. The number of nitrogens with one attached hydrogen (secondary N) is 1. The standard InChI is InChI=1S/C15H14ClN3O2/c16-12-7-10(8-17)3-4-11(12)9-19-13(20)15(18-14(19)21)5-1-2-6-15/h3-4,7H,1-2,5-6,9H2,(H,18,21). The van der Waals surface area contributed by atoms with E-state index in [1.807, 2.05) is 6.07 Å². The Kier molecular flexibility index (Phi) is 3.34. The van der Waals surface area contributed by atoms with Crippen LogP contribution in [0.2, 0.25) is 5.02 Å². The molecule has 5 nitrogen and oxygen atoms in total. The first kappa shape index (κ1) is 13.9. The van der Waals surface area contributed by atoms with Crippen molar-refractivity contribution in [2.24, 2.45) is 0 Å². The molecule has 1 heterocycles. The van der Waals surface area contributed by atoms with E-state index in [0.717, 1.165) is 12.8 Å². The molecule has 0 radical (unpaired) electrons. The third-order valence-electron chi connectivity index (χ3n) is 4.21. The van der Waals surface area contributed by atoms with Gasteiger partial charge in [0.25, 0.3) is 5.91 Å².